The summed E-state index contributed by atoms with van der Waals surface area (Å²) >= 11 is 1.52. The third-order valence-electron chi connectivity index (χ3n) is 1.78. The molecule has 5 nitrogen and oxygen atoms in total. The fourth-order valence-electron chi connectivity index (χ4n) is 1.16. The van der Waals surface area contributed by atoms with E-state index in [-0.39, 0.29) is 24.0 Å². The zero-order valence-electron chi connectivity index (χ0n) is 7.81. The second kappa shape index (κ2) is 4.30. The minimum absolute atomic E-state index is 0. The number of nitrogens with zero attached hydrogens (tertiary/aromatic N) is 4. The molecule has 2 aromatic heterocycles. The van der Waals surface area contributed by atoms with Crippen LogP contribution >= 0.6 is 11.8 Å². The van der Waals surface area contributed by atoms with Gasteiger partial charge in [0.15, 0.2) is 0 Å². The molecular formula is C7H10IN5S. The maximum atomic E-state index is 5.65. The van der Waals surface area contributed by atoms with Crippen LogP contribution in [0, 0.1) is 0 Å². The van der Waals surface area contributed by atoms with Crippen LogP contribution in [0.1, 0.15) is 0 Å². The SMILES string of the molecule is CSc1nc(N)cc2n1nc[n+]2C.[I-]. The molecule has 2 rings (SSSR count). The first-order chi connectivity index (χ1) is 6.22. The summed E-state index contributed by atoms with van der Waals surface area (Å²) < 4.78 is 3.67. The molecule has 0 saturated carbocycles. The summed E-state index contributed by atoms with van der Waals surface area (Å²) in [7, 11) is 1.92. The van der Waals surface area contributed by atoms with Gasteiger partial charge in [0, 0.05) is 5.10 Å². The topological polar surface area (TPSA) is 60.1 Å². The molecule has 0 atom stereocenters. The largest absolute Gasteiger partial charge is 1.00 e. The number of hydrogen-bond donors (Lipinski definition) is 1. The second-order valence-corrected chi connectivity index (χ2v) is 3.45. The van der Waals surface area contributed by atoms with Crippen molar-refractivity contribution in [3.63, 3.8) is 0 Å². The van der Waals surface area contributed by atoms with E-state index in [1.807, 2.05) is 17.9 Å². The van der Waals surface area contributed by atoms with Gasteiger partial charge < -0.3 is 29.7 Å². The number of rotatable bonds is 1. The van der Waals surface area contributed by atoms with Gasteiger partial charge in [0.25, 0.3) is 17.1 Å². The molecule has 14 heavy (non-hydrogen) atoms. The zero-order valence-corrected chi connectivity index (χ0v) is 10.8. The molecule has 0 aliphatic rings. The highest BCUT2D eigenvalue weighted by Gasteiger charge is 2.14. The van der Waals surface area contributed by atoms with Gasteiger partial charge in [0.2, 0.25) is 0 Å². The summed E-state index contributed by atoms with van der Waals surface area (Å²) in [6.07, 6.45) is 3.68. The fourth-order valence-corrected chi connectivity index (χ4v) is 1.67. The number of fused-ring (bicyclic) bond motifs is 1. The average molecular weight is 323 g/mol. The Kier molecular flexibility index (Phi) is 3.53. The molecule has 0 amide bonds. The van der Waals surface area contributed by atoms with Gasteiger partial charge >= 0.3 is 0 Å². The van der Waals surface area contributed by atoms with E-state index in [9.17, 15) is 0 Å². The van der Waals surface area contributed by atoms with Gasteiger partial charge in [-0.05, 0) is 10.8 Å². The lowest BCUT2D eigenvalue weighted by Crippen LogP contribution is -3.00. The Morgan fingerprint density at radius 2 is 2.29 bits per heavy atom. The molecule has 0 bridgehead atoms. The van der Waals surface area contributed by atoms with E-state index in [0.29, 0.717) is 5.82 Å². The van der Waals surface area contributed by atoms with Gasteiger partial charge in [-0.15, -0.1) is 0 Å². The highest BCUT2D eigenvalue weighted by molar-refractivity contribution is 7.98. The summed E-state index contributed by atoms with van der Waals surface area (Å²) in [5.41, 5.74) is 6.59. The molecule has 0 spiro atoms. The summed E-state index contributed by atoms with van der Waals surface area (Å²) in [5.74, 6) is 0.521. The van der Waals surface area contributed by atoms with Crippen LogP contribution in [0.2, 0.25) is 0 Å². The van der Waals surface area contributed by atoms with Gasteiger partial charge in [0.05, 0.1) is 13.1 Å². The highest BCUT2D eigenvalue weighted by Crippen LogP contribution is 2.13. The number of aromatic nitrogens is 4. The average Bonchev–Trinajstić information content (AvgIpc) is 2.47. The first-order valence-electron chi connectivity index (χ1n) is 3.76. The third kappa shape index (κ3) is 1.78. The van der Waals surface area contributed by atoms with Crippen molar-refractivity contribution < 1.29 is 28.5 Å². The number of anilines is 1. The molecule has 2 heterocycles. The monoisotopic (exact) mass is 323 g/mol. The number of halogens is 1. The minimum Gasteiger partial charge on any atom is -1.00 e. The Labute approximate surface area is 103 Å². The van der Waals surface area contributed by atoms with Crippen molar-refractivity contribution in [3.8, 4) is 0 Å². The predicted molar refractivity (Wildman–Crippen MR) is 50.4 cm³/mol. The third-order valence-corrected chi connectivity index (χ3v) is 2.41. The van der Waals surface area contributed by atoms with E-state index in [1.165, 1.54) is 11.8 Å². The Morgan fingerprint density at radius 3 is 2.93 bits per heavy atom. The molecule has 76 valence electrons. The summed E-state index contributed by atoms with van der Waals surface area (Å²) in [6, 6.07) is 1.80. The van der Waals surface area contributed by atoms with Gasteiger partial charge in [-0.3, -0.25) is 0 Å². The van der Waals surface area contributed by atoms with Gasteiger partial charge in [-0.1, -0.05) is 11.8 Å². The zero-order chi connectivity index (χ0) is 9.42. The molecule has 2 N–H and O–H groups in total. The fraction of sp³-hybridized carbons (Fsp3) is 0.286. The molecule has 0 aromatic carbocycles. The van der Waals surface area contributed by atoms with E-state index in [2.05, 4.69) is 10.1 Å². The van der Waals surface area contributed by atoms with Crippen LogP contribution in [0.5, 0.6) is 0 Å². The molecular weight excluding hydrogens is 313 g/mol. The number of thioether (sulfide) groups is 1. The van der Waals surface area contributed by atoms with Crippen LogP contribution in [0.15, 0.2) is 17.6 Å². The van der Waals surface area contributed by atoms with Crippen molar-refractivity contribution in [2.24, 2.45) is 7.05 Å². The molecule has 0 saturated heterocycles. The van der Waals surface area contributed by atoms with Crippen molar-refractivity contribution >= 4 is 23.2 Å². The van der Waals surface area contributed by atoms with Crippen molar-refractivity contribution in [1.82, 2.24) is 14.6 Å². The Hall–Kier alpha value is -0.570. The van der Waals surface area contributed by atoms with Crippen molar-refractivity contribution in [3.05, 3.63) is 12.4 Å². The molecule has 0 unspecified atom stereocenters. The minimum atomic E-state index is 0. The molecule has 2 aromatic rings. The van der Waals surface area contributed by atoms with Crippen molar-refractivity contribution in [2.45, 2.75) is 5.16 Å². The van der Waals surface area contributed by atoms with Crippen LogP contribution < -0.4 is 34.3 Å². The predicted octanol–water partition coefficient (Wildman–Crippen LogP) is -3.14. The molecule has 0 aliphatic carbocycles. The van der Waals surface area contributed by atoms with Gasteiger partial charge in [0.1, 0.15) is 5.82 Å². The van der Waals surface area contributed by atoms with Crippen molar-refractivity contribution in [1.29, 1.82) is 0 Å². The lowest BCUT2D eigenvalue weighted by atomic mass is 10.5. The first-order valence-corrected chi connectivity index (χ1v) is 4.98. The van der Waals surface area contributed by atoms with Crippen molar-refractivity contribution in [2.75, 3.05) is 12.0 Å². The van der Waals surface area contributed by atoms with Gasteiger partial charge in [-0.2, -0.15) is 4.98 Å². The molecule has 0 aliphatic heterocycles. The number of hydrogen-bond acceptors (Lipinski definition) is 4. The van der Waals surface area contributed by atoms with Crippen LogP contribution in [0.25, 0.3) is 5.65 Å². The second-order valence-electron chi connectivity index (χ2n) is 2.68. The standard InChI is InChI=1S/C7H9N5S.HI/c1-11-4-9-12-6(11)3-5(8)10-7(12)13-2;/h3-4,8H,1-2H3;1H. The van der Waals surface area contributed by atoms with E-state index in [1.54, 1.807) is 16.9 Å². The van der Waals surface area contributed by atoms with Crippen LogP contribution in [0.4, 0.5) is 5.82 Å². The quantitative estimate of drug-likeness (QED) is 0.261. The summed E-state index contributed by atoms with van der Waals surface area (Å²) in [6.45, 7) is 0. The molecule has 0 radical (unpaired) electrons. The van der Waals surface area contributed by atoms with E-state index in [0.717, 1.165) is 10.8 Å². The smallest absolute Gasteiger partial charge is 0.272 e. The number of nitrogens with two attached hydrogens (primary N) is 1. The van der Waals surface area contributed by atoms with Crippen LogP contribution in [-0.4, -0.2) is 20.9 Å². The van der Waals surface area contributed by atoms with E-state index < -0.39 is 0 Å². The highest BCUT2D eigenvalue weighted by atomic mass is 127. The lowest BCUT2D eigenvalue weighted by Gasteiger charge is -1.95. The molecule has 0 fully saturated rings. The Balaban J connectivity index is 0.000000980. The van der Waals surface area contributed by atoms with E-state index in [4.69, 9.17) is 5.73 Å². The van der Waals surface area contributed by atoms with Crippen LogP contribution in [0.3, 0.4) is 0 Å². The Morgan fingerprint density at radius 1 is 1.57 bits per heavy atom. The number of aryl methyl sites for hydroxylation is 1. The maximum absolute atomic E-state index is 5.65. The summed E-state index contributed by atoms with van der Waals surface area (Å²) in [5, 5.41) is 4.97. The first kappa shape index (κ1) is 11.5. The Bertz CT molecular complexity index is 455. The number of nitrogen functional groups attached to an aromatic ring is 1. The van der Waals surface area contributed by atoms with E-state index >= 15 is 0 Å². The molecule has 7 heteroatoms. The summed E-state index contributed by atoms with van der Waals surface area (Å²) in [4.78, 5) is 4.16. The van der Waals surface area contributed by atoms with Gasteiger partial charge in [-0.25, -0.2) is 4.57 Å². The van der Waals surface area contributed by atoms with Crippen LogP contribution in [-0.2, 0) is 7.05 Å². The normalized spacial score (nSPS) is 10.1. The lowest BCUT2D eigenvalue weighted by molar-refractivity contribution is -0.646. The maximum Gasteiger partial charge on any atom is 0.272 e.